The summed E-state index contributed by atoms with van der Waals surface area (Å²) in [4.78, 5) is 8.46. The lowest BCUT2D eigenvalue weighted by Crippen LogP contribution is -2.01. The summed E-state index contributed by atoms with van der Waals surface area (Å²) in [6.45, 7) is 3.97. The molecule has 0 aliphatic rings. The number of rotatable bonds is 14. The first-order valence-corrected chi connectivity index (χ1v) is 11.7. The molecule has 0 radical (unpaired) electrons. The molecule has 1 aromatic carbocycles. The van der Waals surface area contributed by atoms with Crippen molar-refractivity contribution in [3.05, 3.63) is 53.4 Å². The van der Waals surface area contributed by atoms with Crippen LogP contribution in [-0.4, -0.2) is 21.2 Å². The summed E-state index contributed by atoms with van der Waals surface area (Å²) < 4.78 is 29.1. The maximum Gasteiger partial charge on any atom is 0.170 e. The van der Waals surface area contributed by atoms with Crippen LogP contribution < -0.4 is 0 Å². The van der Waals surface area contributed by atoms with Crippen molar-refractivity contribution in [2.75, 3.05) is 0 Å². The van der Waals surface area contributed by atoms with E-state index in [0.29, 0.717) is 12.0 Å². The summed E-state index contributed by atoms with van der Waals surface area (Å²) >= 11 is 0. The fourth-order valence-electron chi connectivity index (χ4n) is 3.54. The molecule has 0 saturated carbocycles. The molecule has 0 fully saturated rings. The molecule has 0 bridgehead atoms. The topological polar surface area (TPSA) is 46.0 Å². The zero-order valence-corrected chi connectivity index (χ0v) is 18.9. The molecule has 1 aromatic heterocycles. The van der Waals surface area contributed by atoms with Crippen molar-refractivity contribution in [2.45, 2.75) is 90.6 Å². The van der Waals surface area contributed by atoms with Crippen molar-refractivity contribution in [3.63, 3.8) is 0 Å². The van der Waals surface area contributed by atoms with Crippen molar-refractivity contribution in [1.82, 2.24) is 9.97 Å². The highest BCUT2D eigenvalue weighted by molar-refractivity contribution is 5.58. The van der Waals surface area contributed by atoms with Crippen LogP contribution in [0.5, 0.6) is 0 Å². The van der Waals surface area contributed by atoms with Gasteiger partial charge in [0.1, 0.15) is 0 Å². The average Bonchev–Trinajstić information content (AvgIpc) is 2.76. The maximum atomic E-state index is 14.6. The van der Waals surface area contributed by atoms with Crippen LogP contribution in [0.4, 0.5) is 8.78 Å². The minimum Gasteiger partial charge on any atom is -0.393 e. The molecule has 0 amide bonds. The molecule has 0 aliphatic carbocycles. The molecule has 1 heterocycles. The highest BCUT2D eigenvalue weighted by Crippen LogP contribution is 2.25. The van der Waals surface area contributed by atoms with Crippen LogP contribution in [0.2, 0.25) is 0 Å². The smallest absolute Gasteiger partial charge is 0.170 e. The second kappa shape index (κ2) is 14.0. The van der Waals surface area contributed by atoms with Gasteiger partial charge in [-0.2, -0.15) is 0 Å². The van der Waals surface area contributed by atoms with Gasteiger partial charge in [0.2, 0.25) is 0 Å². The Hall–Kier alpha value is -2.14. The molecule has 0 saturated heterocycles. The molecule has 1 atom stereocenters. The normalized spacial score (nSPS) is 12.5. The average molecular weight is 431 g/mol. The van der Waals surface area contributed by atoms with Crippen molar-refractivity contribution < 1.29 is 13.9 Å². The zero-order chi connectivity index (χ0) is 22.5. The van der Waals surface area contributed by atoms with Crippen LogP contribution in [-0.2, 0) is 6.42 Å². The van der Waals surface area contributed by atoms with Gasteiger partial charge in [0.05, 0.1) is 11.7 Å². The van der Waals surface area contributed by atoms with Crippen molar-refractivity contribution in [1.29, 1.82) is 0 Å². The number of aliphatic hydroxyl groups is 1. The molecular weight excluding hydrogens is 394 g/mol. The van der Waals surface area contributed by atoms with E-state index in [0.717, 1.165) is 37.7 Å². The van der Waals surface area contributed by atoms with Crippen LogP contribution in [0.3, 0.4) is 0 Å². The van der Waals surface area contributed by atoms with E-state index in [-0.39, 0.29) is 17.5 Å². The third-order valence-corrected chi connectivity index (χ3v) is 5.43. The van der Waals surface area contributed by atoms with E-state index in [1.165, 1.54) is 32.1 Å². The summed E-state index contributed by atoms with van der Waals surface area (Å²) in [7, 11) is 0. The molecule has 31 heavy (non-hydrogen) atoms. The molecule has 2 rings (SSSR count). The first-order chi connectivity index (χ1) is 15.0. The van der Waals surface area contributed by atoms with Crippen LogP contribution in [0, 0.1) is 11.6 Å². The number of hydrogen-bond donors (Lipinski definition) is 1. The minimum atomic E-state index is -0.892. The van der Waals surface area contributed by atoms with Gasteiger partial charge >= 0.3 is 0 Å². The largest absolute Gasteiger partial charge is 0.393 e. The van der Waals surface area contributed by atoms with Crippen molar-refractivity contribution in [2.24, 2.45) is 0 Å². The van der Waals surface area contributed by atoms with Gasteiger partial charge in [-0.15, -0.1) is 0 Å². The Morgan fingerprint density at radius 1 is 0.935 bits per heavy atom. The number of benzene rings is 1. The third kappa shape index (κ3) is 8.86. The van der Waals surface area contributed by atoms with Crippen LogP contribution in [0.1, 0.15) is 89.2 Å². The van der Waals surface area contributed by atoms with Gasteiger partial charge in [0, 0.05) is 18.0 Å². The Bertz CT molecular complexity index is 804. The van der Waals surface area contributed by atoms with E-state index in [4.69, 9.17) is 0 Å². The van der Waals surface area contributed by atoms with Gasteiger partial charge in [0.15, 0.2) is 17.5 Å². The number of aliphatic hydroxyl groups excluding tert-OH is 1. The quantitative estimate of drug-likeness (QED) is 0.320. The van der Waals surface area contributed by atoms with E-state index in [2.05, 4.69) is 23.0 Å². The van der Waals surface area contributed by atoms with Crippen molar-refractivity contribution in [3.8, 4) is 11.4 Å². The summed E-state index contributed by atoms with van der Waals surface area (Å²) in [6.07, 6.45) is 18.1. The van der Waals surface area contributed by atoms with E-state index in [1.807, 2.05) is 6.08 Å². The SMILES string of the molecule is CCCCCCC/C=C/c1cnc(-c2ccc(CCCCCC(C)O)c(F)c2F)nc1. The molecule has 3 nitrogen and oxygen atoms in total. The number of aryl methyl sites for hydroxylation is 1. The number of hydrogen-bond acceptors (Lipinski definition) is 3. The monoisotopic (exact) mass is 430 g/mol. The molecular formula is C26H36F2N2O. The molecule has 1 unspecified atom stereocenters. The van der Waals surface area contributed by atoms with Crippen LogP contribution in [0.15, 0.2) is 30.6 Å². The molecule has 0 spiro atoms. The van der Waals surface area contributed by atoms with Crippen molar-refractivity contribution >= 4 is 6.08 Å². The standard InChI is InChI=1S/C26H36F2N2O/c1-3-4-5-6-7-8-11-14-21-18-29-26(30-19-21)23-17-16-22(24(27)25(23)28)15-12-9-10-13-20(2)31/h11,14,16-20,31H,3-10,12-13,15H2,1-2H3/b14-11+. The maximum absolute atomic E-state index is 14.6. The Morgan fingerprint density at radius 2 is 1.65 bits per heavy atom. The number of halogens is 2. The molecule has 1 N–H and O–H groups in total. The fraction of sp³-hybridized carbons (Fsp3) is 0.538. The van der Waals surface area contributed by atoms with Gasteiger partial charge in [-0.05, 0) is 50.7 Å². The van der Waals surface area contributed by atoms with Gasteiger partial charge in [-0.3, -0.25) is 0 Å². The van der Waals surface area contributed by atoms with E-state index < -0.39 is 11.6 Å². The van der Waals surface area contributed by atoms with E-state index in [1.54, 1.807) is 31.5 Å². The fourth-order valence-corrected chi connectivity index (χ4v) is 3.54. The Labute approximate surface area is 185 Å². The summed E-state index contributed by atoms with van der Waals surface area (Å²) in [5.74, 6) is -1.52. The second-order valence-corrected chi connectivity index (χ2v) is 8.29. The van der Waals surface area contributed by atoms with Gasteiger partial charge in [-0.1, -0.05) is 63.7 Å². The third-order valence-electron chi connectivity index (χ3n) is 5.43. The molecule has 170 valence electrons. The van der Waals surface area contributed by atoms with Crippen LogP contribution >= 0.6 is 0 Å². The Morgan fingerprint density at radius 3 is 2.35 bits per heavy atom. The van der Waals surface area contributed by atoms with Gasteiger partial charge in [-0.25, -0.2) is 18.7 Å². The molecule has 5 heteroatoms. The molecule has 0 aliphatic heterocycles. The zero-order valence-electron chi connectivity index (χ0n) is 18.9. The van der Waals surface area contributed by atoms with Gasteiger partial charge < -0.3 is 5.11 Å². The first-order valence-electron chi connectivity index (χ1n) is 11.7. The van der Waals surface area contributed by atoms with Gasteiger partial charge in [0.25, 0.3) is 0 Å². The Balaban J connectivity index is 1.90. The van der Waals surface area contributed by atoms with Crippen LogP contribution in [0.25, 0.3) is 17.5 Å². The lowest BCUT2D eigenvalue weighted by Gasteiger charge is -2.08. The highest BCUT2D eigenvalue weighted by atomic mass is 19.2. The summed E-state index contributed by atoms with van der Waals surface area (Å²) in [5.41, 5.74) is 1.31. The Kier molecular flexibility index (Phi) is 11.4. The lowest BCUT2D eigenvalue weighted by molar-refractivity contribution is 0.180. The summed E-state index contributed by atoms with van der Waals surface area (Å²) in [5, 5.41) is 9.27. The predicted molar refractivity (Wildman–Crippen MR) is 124 cm³/mol. The summed E-state index contributed by atoms with van der Waals surface area (Å²) in [6, 6.07) is 3.18. The van der Waals surface area contributed by atoms with E-state index >= 15 is 0 Å². The number of unbranched alkanes of at least 4 members (excludes halogenated alkanes) is 7. The predicted octanol–water partition coefficient (Wildman–Crippen LogP) is 7.28. The minimum absolute atomic E-state index is 0.0850. The number of aromatic nitrogens is 2. The molecule has 2 aromatic rings. The number of allylic oxidation sites excluding steroid dienone is 1. The first kappa shape index (κ1) is 25.1. The lowest BCUT2D eigenvalue weighted by atomic mass is 10.0. The number of nitrogens with zero attached hydrogens (tertiary/aromatic N) is 2. The highest BCUT2D eigenvalue weighted by Gasteiger charge is 2.16. The second-order valence-electron chi connectivity index (χ2n) is 8.29. The van der Waals surface area contributed by atoms with E-state index in [9.17, 15) is 13.9 Å².